The van der Waals surface area contributed by atoms with Crippen LogP contribution in [0.2, 0.25) is 0 Å². The van der Waals surface area contributed by atoms with Gasteiger partial charge in [0.1, 0.15) is 12.4 Å². The summed E-state index contributed by atoms with van der Waals surface area (Å²) >= 11 is 0. The third kappa shape index (κ3) is 4.52. The van der Waals surface area contributed by atoms with E-state index in [9.17, 15) is 9.18 Å². The Kier molecular flexibility index (Phi) is 6.33. The summed E-state index contributed by atoms with van der Waals surface area (Å²) in [6, 6.07) is 9.53. The van der Waals surface area contributed by atoms with E-state index < -0.39 is 0 Å². The predicted molar refractivity (Wildman–Crippen MR) is 101 cm³/mol. The van der Waals surface area contributed by atoms with Gasteiger partial charge in [0.25, 0.3) is 5.91 Å². The van der Waals surface area contributed by atoms with E-state index in [4.69, 9.17) is 9.47 Å². The van der Waals surface area contributed by atoms with Crippen LogP contribution in [0.3, 0.4) is 0 Å². The van der Waals surface area contributed by atoms with Crippen molar-refractivity contribution in [1.29, 1.82) is 0 Å². The van der Waals surface area contributed by atoms with E-state index in [0.717, 1.165) is 5.56 Å². The fourth-order valence-corrected chi connectivity index (χ4v) is 2.66. The minimum Gasteiger partial charge on any atom is -0.475 e. The highest BCUT2D eigenvalue weighted by molar-refractivity contribution is 5.95. The van der Waals surface area contributed by atoms with Gasteiger partial charge >= 0.3 is 0 Å². The lowest BCUT2D eigenvalue weighted by Crippen LogP contribution is -2.24. The van der Waals surface area contributed by atoms with Gasteiger partial charge in [-0.2, -0.15) is 5.10 Å². The molecular weight excluding hydrogens is 363 g/mol. The van der Waals surface area contributed by atoms with Crippen LogP contribution < -0.4 is 10.1 Å². The zero-order valence-electron chi connectivity index (χ0n) is 15.7. The van der Waals surface area contributed by atoms with Crippen LogP contribution in [0.1, 0.15) is 21.6 Å². The predicted octanol–water partition coefficient (Wildman–Crippen LogP) is 2.67. The molecule has 0 saturated heterocycles. The van der Waals surface area contributed by atoms with E-state index in [0.29, 0.717) is 36.0 Å². The summed E-state index contributed by atoms with van der Waals surface area (Å²) in [7, 11) is 1.59. The first-order valence-corrected chi connectivity index (χ1v) is 8.74. The number of methoxy groups -OCH3 is 1. The fraction of sp³-hybridized carbons (Fsp3) is 0.250. The molecule has 1 N–H and O–H groups in total. The average Bonchev–Trinajstić information content (AvgIpc) is 3.09. The number of rotatable bonds is 8. The highest BCUT2D eigenvalue weighted by atomic mass is 19.1. The summed E-state index contributed by atoms with van der Waals surface area (Å²) in [4.78, 5) is 16.8. The fourth-order valence-electron chi connectivity index (χ4n) is 2.66. The van der Waals surface area contributed by atoms with Gasteiger partial charge in [-0.1, -0.05) is 6.07 Å². The Hall–Kier alpha value is -3.26. The number of carbonyl (C=O) groups excluding carboxylic acids is 1. The van der Waals surface area contributed by atoms with Gasteiger partial charge in [0.2, 0.25) is 5.88 Å². The van der Waals surface area contributed by atoms with Crippen LogP contribution >= 0.6 is 0 Å². The van der Waals surface area contributed by atoms with Gasteiger partial charge in [-0.15, -0.1) is 0 Å². The highest BCUT2D eigenvalue weighted by Crippen LogP contribution is 2.17. The summed E-state index contributed by atoms with van der Waals surface area (Å²) in [6.07, 6.45) is 3.12. The topological polar surface area (TPSA) is 78.3 Å². The van der Waals surface area contributed by atoms with E-state index in [1.54, 1.807) is 43.1 Å². The molecule has 0 bridgehead atoms. The number of benzene rings is 1. The van der Waals surface area contributed by atoms with Gasteiger partial charge < -0.3 is 14.8 Å². The third-order valence-electron chi connectivity index (χ3n) is 4.14. The molecule has 3 aromatic rings. The lowest BCUT2D eigenvalue weighted by molar-refractivity contribution is 0.0949. The highest BCUT2D eigenvalue weighted by Gasteiger charge is 2.16. The maximum Gasteiger partial charge on any atom is 0.255 e. The number of hydrogen-bond acceptors (Lipinski definition) is 5. The Bertz CT molecular complexity index is 941. The van der Waals surface area contributed by atoms with Gasteiger partial charge in [-0.25, -0.2) is 14.1 Å². The SMILES string of the molecule is COCCOc1ncccc1CNC(=O)c1cnn(-c2ccc(F)cc2)c1C. The zero-order valence-corrected chi connectivity index (χ0v) is 15.7. The standard InChI is InChI=1S/C20H21FN4O3/c1-14-18(13-24-25(14)17-7-5-16(21)6-8-17)19(26)23-12-15-4-3-9-22-20(15)28-11-10-27-2/h3-9,13H,10-12H2,1-2H3,(H,23,26). The number of nitrogens with one attached hydrogen (secondary N) is 1. The molecule has 0 spiro atoms. The third-order valence-corrected chi connectivity index (χ3v) is 4.14. The van der Waals surface area contributed by atoms with E-state index in [-0.39, 0.29) is 18.3 Å². The molecule has 8 heteroatoms. The van der Waals surface area contributed by atoms with Crippen LogP contribution in [0.25, 0.3) is 5.69 Å². The summed E-state index contributed by atoms with van der Waals surface area (Å²) < 4.78 is 25.2. The molecule has 0 unspecified atom stereocenters. The molecule has 2 aromatic heterocycles. The molecule has 0 radical (unpaired) electrons. The Labute approximate surface area is 162 Å². The minimum absolute atomic E-state index is 0.260. The normalized spacial score (nSPS) is 10.7. The molecule has 0 atom stereocenters. The largest absolute Gasteiger partial charge is 0.475 e. The zero-order chi connectivity index (χ0) is 19.9. The van der Waals surface area contributed by atoms with Crippen molar-refractivity contribution in [2.45, 2.75) is 13.5 Å². The van der Waals surface area contributed by atoms with Gasteiger partial charge in [0, 0.05) is 25.4 Å². The molecule has 0 aliphatic carbocycles. The molecule has 7 nitrogen and oxygen atoms in total. The lowest BCUT2D eigenvalue weighted by atomic mass is 10.2. The van der Waals surface area contributed by atoms with Crippen LogP contribution in [-0.4, -0.2) is 41.0 Å². The lowest BCUT2D eigenvalue weighted by Gasteiger charge is -2.11. The second-order valence-corrected chi connectivity index (χ2v) is 6.02. The number of carbonyl (C=O) groups is 1. The molecule has 0 aliphatic heterocycles. The van der Waals surface area contributed by atoms with Gasteiger partial charge in [0.15, 0.2) is 0 Å². The van der Waals surface area contributed by atoms with Crippen LogP contribution in [0, 0.1) is 12.7 Å². The first-order valence-electron chi connectivity index (χ1n) is 8.74. The Morgan fingerprint density at radius 2 is 2.00 bits per heavy atom. The van der Waals surface area contributed by atoms with E-state index in [1.165, 1.54) is 18.3 Å². The number of ether oxygens (including phenoxy) is 2. The van der Waals surface area contributed by atoms with Crippen LogP contribution in [-0.2, 0) is 11.3 Å². The average molecular weight is 384 g/mol. The maximum atomic E-state index is 13.1. The molecule has 0 fully saturated rings. The first-order chi connectivity index (χ1) is 13.6. The Morgan fingerprint density at radius 1 is 1.21 bits per heavy atom. The van der Waals surface area contributed by atoms with Gasteiger partial charge in [0.05, 0.1) is 29.7 Å². The van der Waals surface area contributed by atoms with Crippen LogP contribution in [0.15, 0.2) is 48.8 Å². The smallest absolute Gasteiger partial charge is 0.255 e. The van der Waals surface area contributed by atoms with Crippen LogP contribution in [0.4, 0.5) is 4.39 Å². The second kappa shape index (κ2) is 9.09. The number of nitrogens with zero attached hydrogens (tertiary/aromatic N) is 3. The van der Waals surface area contributed by atoms with E-state index in [1.807, 2.05) is 6.07 Å². The number of halogens is 1. The molecular formula is C20H21FN4O3. The summed E-state index contributed by atoms with van der Waals surface area (Å²) in [6.45, 7) is 2.87. The van der Waals surface area contributed by atoms with Gasteiger partial charge in [-0.05, 0) is 37.3 Å². The minimum atomic E-state index is -0.327. The number of pyridine rings is 1. The Morgan fingerprint density at radius 3 is 2.75 bits per heavy atom. The molecule has 1 aromatic carbocycles. The molecule has 28 heavy (non-hydrogen) atoms. The molecule has 1 amide bonds. The van der Waals surface area contributed by atoms with Crippen molar-refractivity contribution in [2.24, 2.45) is 0 Å². The molecule has 2 heterocycles. The quantitative estimate of drug-likeness (QED) is 0.604. The summed E-state index contributed by atoms with van der Waals surface area (Å²) in [5.74, 6) is -0.136. The van der Waals surface area contributed by atoms with E-state index in [2.05, 4.69) is 15.4 Å². The number of hydrogen-bond donors (Lipinski definition) is 1. The maximum absolute atomic E-state index is 13.1. The number of aromatic nitrogens is 3. The molecule has 0 saturated carbocycles. The molecule has 146 valence electrons. The summed E-state index contributed by atoms with van der Waals surface area (Å²) in [5.41, 5.74) is 2.54. The van der Waals surface area contributed by atoms with E-state index >= 15 is 0 Å². The Balaban J connectivity index is 1.69. The van der Waals surface area contributed by atoms with Gasteiger partial charge in [-0.3, -0.25) is 4.79 Å². The van der Waals surface area contributed by atoms with Crippen molar-refractivity contribution < 1.29 is 18.7 Å². The van der Waals surface area contributed by atoms with Crippen molar-refractivity contribution in [3.05, 3.63) is 71.4 Å². The number of amides is 1. The van der Waals surface area contributed by atoms with Crippen molar-refractivity contribution >= 4 is 5.91 Å². The first kappa shape index (κ1) is 19.5. The molecule has 0 aliphatic rings. The van der Waals surface area contributed by atoms with Crippen molar-refractivity contribution in [1.82, 2.24) is 20.1 Å². The summed E-state index contributed by atoms with van der Waals surface area (Å²) in [5, 5.41) is 7.10. The van der Waals surface area contributed by atoms with Crippen molar-refractivity contribution in [2.75, 3.05) is 20.3 Å². The van der Waals surface area contributed by atoms with Crippen molar-refractivity contribution in [3.63, 3.8) is 0 Å². The second-order valence-electron chi connectivity index (χ2n) is 6.02. The van der Waals surface area contributed by atoms with Crippen molar-refractivity contribution in [3.8, 4) is 11.6 Å². The van der Waals surface area contributed by atoms with Crippen LogP contribution in [0.5, 0.6) is 5.88 Å². The molecule has 3 rings (SSSR count). The monoisotopic (exact) mass is 384 g/mol.